The van der Waals surface area contributed by atoms with Gasteiger partial charge in [-0.1, -0.05) is 6.07 Å². The molecule has 0 atom stereocenters. The second-order valence-corrected chi connectivity index (χ2v) is 4.18. The molecule has 6 heteroatoms. The minimum absolute atomic E-state index is 0.112. The molecule has 1 aromatic rings. The van der Waals surface area contributed by atoms with Crippen LogP contribution < -0.4 is 0 Å². The first-order valence-corrected chi connectivity index (χ1v) is 5.11. The van der Waals surface area contributed by atoms with Gasteiger partial charge in [0.15, 0.2) is 0 Å². The maximum atomic E-state index is 12.5. The second-order valence-electron chi connectivity index (χ2n) is 2.83. The summed E-state index contributed by atoms with van der Waals surface area (Å²) in [5.41, 5.74) is 0.686. The van der Waals surface area contributed by atoms with Gasteiger partial charge in [0, 0.05) is 5.56 Å². The van der Waals surface area contributed by atoms with Gasteiger partial charge in [-0.05, 0) is 12.1 Å². The van der Waals surface area contributed by atoms with Crippen molar-refractivity contribution in [1.29, 1.82) is 0 Å². The number of esters is 1. The van der Waals surface area contributed by atoms with Gasteiger partial charge >= 0.3 is 16.2 Å². The number of benzene rings is 1. The monoisotopic (exact) mass is 216 g/mol. The highest BCUT2D eigenvalue weighted by Crippen LogP contribution is 2.23. The molecular formula is C8H5FO4S. The van der Waals surface area contributed by atoms with Crippen LogP contribution in [0.25, 0.3) is 0 Å². The summed E-state index contributed by atoms with van der Waals surface area (Å²) in [4.78, 5) is 10.5. The molecule has 4 nitrogen and oxygen atoms in total. The molecule has 0 aliphatic carbocycles. The predicted molar refractivity (Wildman–Crippen MR) is 43.9 cm³/mol. The van der Waals surface area contributed by atoms with Gasteiger partial charge in [-0.25, -0.2) is 4.79 Å². The quantitative estimate of drug-likeness (QED) is 0.519. The van der Waals surface area contributed by atoms with Gasteiger partial charge in [0.2, 0.25) is 0 Å². The SMILES string of the molecule is O=C1OCc2ccc(S(=O)(=O)F)cc21. The van der Waals surface area contributed by atoms with E-state index in [1.165, 1.54) is 6.07 Å². The number of rotatable bonds is 1. The lowest BCUT2D eigenvalue weighted by atomic mass is 10.1. The van der Waals surface area contributed by atoms with Crippen molar-refractivity contribution in [3.05, 3.63) is 29.3 Å². The molecule has 0 fully saturated rings. The highest BCUT2D eigenvalue weighted by atomic mass is 32.3. The Kier molecular flexibility index (Phi) is 1.81. The van der Waals surface area contributed by atoms with Crippen molar-refractivity contribution in [2.75, 3.05) is 0 Å². The zero-order chi connectivity index (χ0) is 10.3. The zero-order valence-electron chi connectivity index (χ0n) is 6.86. The first-order valence-electron chi connectivity index (χ1n) is 3.73. The summed E-state index contributed by atoms with van der Waals surface area (Å²) in [6.45, 7) is 0.112. The van der Waals surface area contributed by atoms with Crippen molar-refractivity contribution in [2.45, 2.75) is 11.5 Å². The van der Waals surface area contributed by atoms with Crippen molar-refractivity contribution in [1.82, 2.24) is 0 Å². The number of hydrogen-bond acceptors (Lipinski definition) is 4. The van der Waals surface area contributed by atoms with E-state index in [1.807, 2.05) is 0 Å². The van der Waals surface area contributed by atoms with E-state index in [0.29, 0.717) is 5.56 Å². The largest absolute Gasteiger partial charge is 0.457 e. The summed E-state index contributed by atoms with van der Waals surface area (Å²) in [6.07, 6.45) is 0. The van der Waals surface area contributed by atoms with E-state index in [0.717, 1.165) is 12.1 Å². The van der Waals surface area contributed by atoms with Crippen LogP contribution in [0.1, 0.15) is 15.9 Å². The lowest BCUT2D eigenvalue weighted by Gasteiger charge is -1.96. The standard InChI is InChI=1S/C8H5FO4S/c9-14(11,12)6-2-1-5-4-13-8(10)7(5)3-6/h1-3H,4H2. The van der Waals surface area contributed by atoms with Gasteiger partial charge in [0.1, 0.15) is 6.61 Å². The van der Waals surface area contributed by atoms with Crippen molar-refractivity contribution in [3.63, 3.8) is 0 Å². The van der Waals surface area contributed by atoms with Crippen LogP contribution in [0.2, 0.25) is 0 Å². The first kappa shape index (κ1) is 9.14. The Bertz CT molecular complexity index is 506. The van der Waals surface area contributed by atoms with E-state index < -0.39 is 21.1 Å². The molecule has 0 aromatic heterocycles. The van der Waals surface area contributed by atoms with Gasteiger partial charge in [-0.15, -0.1) is 3.89 Å². The summed E-state index contributed by atoms with van der Waals surface area (Å²) in [6, 6.07) is 3.46. The van der Waals surface area contributed by atoms with Gasteiger partial charge in [0.25, 0.3) is 0 Å². The second kappa shape index (κ2) is 2.78. The minimum Gasteiger partial charge on any atom is -0.457 e. The summed E-state index contributed by atoms with van der Waals surface area (Å²) >= 11 is 0. The third-order valence-corrected chi connectivity index (χ3v) is 2.76. The van der Waals surface area contributed by atoms with Crippen LogP contribution >= 0.6 is 0 Å². The van der Waals surface area contributed by atoms with Crippen LogP contribution in [0.4, 0.5) is 3.89 Å². The van der Waals surface area contributed by atoms with E-state index in [2.05, 4.69) is 4.74 Å². The fourth-order valence-electron chi connectivity index (χ4n) is 1.24. The Morgan fingerprint density at radius 2 is 2.07 bits per heavy atom. The lowest BCUT2D eigenvalue weighted by Crippen LogP contribution is -1.97. The fourth-order valence-corrected chi connectivity index (χ4v) is 1.73. The molecule has 14 heavy (non-hydrogen) atoms. The summed E-state index contributed by atoms with van der Waals surface area (Å²) in [5.74, 6) is -0.620. The summed E-state index contributed by atoms with van der Waals surface area (Å²) in [7, 11) is -4.76. The van der Waals surface area contributed by atoms with Gasteiger partial charge in [0.05, 0.1) is 10.5 Å². The number of halogens is 1. The number of hydrogen-bond donors (Lipinski definition) is 0. The maximum Gasteiger partial charge on any atom is 0.338 e. The van der Waals surface area contributed by atoms with Crippen molar-refractivity contribution < 1.29 is 21.8 Å². The van der Waals surface area contributed by atoms with Crippen LogP contribution in [0.5, 0.6) is 0 Å². The third kappa shape index (κ3) is 1.37. The number of fused-ring (bicyclic) bond motifs is 1. The molecule has 0 radical (unpaired) electrons. The zero-order valence-corrected chi connectivity index (χ0v) is 7.67. The molecule has 0 saturated carbocycles. The molecule has 0 spiro atoms. The molecule has 1 aliphatic rings. The predicted octanol–water partition coefficient (Wildman–Crippen LogP) is 1.02. The molecule has 1 aliphatic heterocycles. The molecule has 0 N–H and O–H groups in total. The summed E-state index contributed by atoms with van der Waals surface area (Å²) in [5, 5.41) is 0. The molecule has 74 valence electrons. The van der Waals surface area contributed by atoms with Crippen LogP contribution in [0.3, 0.4) is 0 Å². The first-order chi connectivity index (χ1) is 6.48. The Labute approximate surface area is 79.5 Å². The molecule has 1 aromatic carbocycles. The molecule has 2 rings (SSSR count). The average molecular weight is 216 g/mol. The Morgan fingerprint density at radius 1 is 1.36 bits per heavy atom. The molecule has 1 heterocycles. The van der Waals surface area contributed by atoms with Crippen LogP contribution in [0, 0.1) is 0 Å². The summed E-state index contributed by atoms with van der Waals surface area (Å²) < 4.78 is 38.2. The highest BCUT2D eigenvalue weighted by molar-refractivity contribution is 7.86. The van der Waals surface area contributed by atoms with Gasteiger partial charge < -0.3 is 4.74 Å². The topological polar surface area (TPSA) is 60.4 Å². The number of carbonyl (C=O) groups excluding carboxylic acids is 1. The van der Waals surface area contributed by atoms with E-state index in [1.54, 1.807) is 0 Å². The molecule has 0 amide bonds. The molecule has 0 unspecified atom stereocenters. The average Bonchev–Trinajstić information content (AvgIpc) is 2.46. The normalized spacial score (nSPS) is 15.1. The highest BCUT2D eigenvalue weighted by Gasteiger charge is 2.24. The number of cyclic esters (lactones) is 1. The van der Waals surface area contributed by atoms with E-state index >= 15 is 0 Å². The van der Waals surface area contributed by atoms with Gasteiger partial charge in [-0.3, -0.25) is 0 Å². The van der Waals surface area contributed by atoms with E-state index in [-0.39, 0.29) is 12.2 Å². The fraction of sp³-hybridized carbons (Fsp3) is 0.125. The lowest BCUT2D eigenvalue weighted by molar-refractivity contribution is 0.0535. The van der Waals surface area contributed by atoms with Crippen LogP contribution in [-0.2, 0) is 21.6 Å². The Morgan fingerprint density at radius 3 is 2.71 bits per heavy atom. The minimum atomic E-state index is -4.76. The van der Waals surface area contributed by atoms with Gasteiger partial charge in [-0.2, -0.15) is 8.42 Å². The molecular weight excluding hydrogens is 211 g/mol. The van der Waals surface area contributed by atoms with Crippen molar-refractivity contribution in [2.24, 2.45) is 0 Å². The van der Waals surface area contributed by atoms with Crippen LogP contribution in [-0.4, -0.2) is 14.4 Å². The third-order valence-electron chi connectivity index (χ3n) is 1.94. The van der Waals surface area contributed by atoms with E-state index in [9.17, 15) is 17.1 Å². The number of ether oxygens (including phenoxy) is 1. The smallest absolute Gasteiger partial charge is 0.338 e. The van der Waals surface area contributed by atoms with Crippen LogP contribution in [0.15, 0.2) is 23.1 Å². The van der Waals surface area contributed by atoms with Crippen molar-refractivity contribution >= 4 is 16.2 Å². The Balaban J connectivity index is 2.61. The van der Waals surface area contributed by atoms with E-state index in [4.69, 9.17) is 0 Å². The molecule has 0 bridgehead atoms. The number of carbonyl (C=O) groups is 1. The Hall–Kier alpha value is -1.43. The maximum absolute atomic E-state index is 12.5. The molecule has 0 saturated heterocycles. The van der Waals surface area contributed by atoms with Crippen molar-refractivity contribution in [3.8, 4) is 0 Å².